The van der Waals surface area contributed by atoms with Gasteiger partial charge in [0.2, 0.25) is 0 Å². The van der Waals surface area contributed by atoms with E-state index in [9.17, 15) is 14.1 Å². The second-order valence-corrected chi connectivity index (χ2v) is 13.5. The van der Waals surface area contributed by atoms with Gasteiger partial charge in [-0.3, -0.25) is 4.72 Å². The lowest BCUT2D eigenvalue weighted by Crippen LogP contribution is -2.36. The average Bonchev–Trinajstić information content (AvgIpc) is 3.22. The van der Waals surface area contributed by atoms with E-state index in [4.69, 9.17) is 23.2 Å². The third kappa shape index (κ3) is 5.00. The van der Waals surface area contributed by atoms with Crippen molar-refractivity contribution >= 4 is 88.5 Å². The summed E-state index contributed by atoms with van der Waals surface area (Å²) in [6, 6.07) is 13.2. The highest BCUT2D eigenvalue weighted by Crippen LogP contribution is 2.38. The minimum atomic E-state index is -2.96. The Labute approximate surface area is 220 Å². The van der Waals surface area contributed by atoms with Crippen molar-refractivity contribution in [1.29, 1.82) is 0 Å². The lowest BCUT2D eigenvalue weighted by atomic mass is 10.0. The molecule has 0 radical (unpaired) electrons. The Hall–Kier alpha value is -2.01. The van der Waals surface area contributed by atoms with Gasteiger partial charge in [0.25, 0.3) is 0 Å². The van der Waals surface area contributed by atoms with Crippen LogP contribution in [0.5, 0.6) is 0 Å². The van der Waals surface area contributed by atoms with Gasteiger partial charge in [-0.05, 0) is 68.0 Å². The molecule has 2 heterocycles. The maximum atomic E-state index is 13.5. The average molecular weight is 601 g/mol. The highest BCUT2D eigenvalue weighted by atomic mass is 79.9. The zero-order valence-electron chi connectivity index (χ0n) is 18.0. The van der Waals surface area contributed by atoms with E-state index in [0.717, 1.165) is 26.9 Å². The van der Waals surface area contributed by atoms with E-state index >= 15 is 0 Å². The fourth-order valence-corrected chi connectivity index (χ4v) is 7.63. The minimum Gasteiger partial charge on any atom is -0.369 e. The number of hydrogen-bond donors (Lipinski definition) is 3. The molecule has 2 unspecified atom stereocenters. The number of nitrogens with zero attached hydrogens (tertiary/aromatic N) is 1. The van der Waals surface area contributed by atoms with Crippen LogP contribution in [0.1, 0.15) is 31.2 Å². The SMILES string of the molecule is CC(C)=S(=O)(NC(=O)Nc1ccc(N2C=Cc3ccc(Br)cc3C2O)c(Cl)c1)c1ccc(Cl)s1. The normalized spacial score (nSPS) is 16.5. The van der Waals surface area contributed by atoms with Gasteiger partial charge in [0.15, 0.2) is 6.23 Å². The van der Waals surface area contributed by atoms with Crippen LogP contribution in [-0.2, 0) is 9.71 Å². The zero-order chi connectivity index (χ0) is 24.6. The van der Waals surface area contributed by atoms with Crippen molar-refractivity contribution in [2.75, 3.05) is 10.2 Å². The van der Waals surface area contributed by atoms with Gasteiger partial charge in [0.05, 0.1) is 24.8 Å². The maximum Gasteiger partial charge on any atom is 0.330 e. The molecule has 6 nitrogen and oxygen atoms in total. The predicted molar refractivity (Wildman–Crippen MR) is 146 cm³/mol. The number of hydrogen-bond acceptors (Lipinski definition) is 5. The summed E-state index contributed by atoms with van der Waals surface area (Å²) in [4.78, 5) is 14.9. The molecule has 0 fully saturated rings. The number of amides is 2. The van der Waals surface area contributed by atoms with Gasteiger partial charge in [-0.2, -0.15) is 0 Å². The third-order valence-corrected chi connectivity index (χ3v) is 10.2. The molecule has 1 aliphatic rings. The fraction of sp³-hybridized carbons (Fsp3) is 0.130. The van der Waals surface area contributed by atoms with Crippen molar-refractivity contribution < 1.29 is 14.1 Å². The first-order valence-corrected chi connectivity index (χ1v) is 13.9. The number of carbonyl (C=O) groups is 1. The molecule has 178 valence electrons. The molecule has 3 N–H and O–H groups in total. The number of aliphatic hydroxyl groups is 1. The smallest absolute Gasteiger partial charge is 0.330 e. The molecular weight excluding hydrogens is 581 g/mol. The van der Waals surface area contributed by atoms with Gasteiger partial charge in [-0.1, -0.05) is 45.2 Å². The van der Waals surface area contributed by atoms with Gasteiger partial charge in [0, 0.05) is 26.8 Å². The molecule has 4 rings (SSSR count). The molecule has 3 aromatic rings. The van der Waals surface area contributed by atoms with E-state index < -0.39 is 22.0 Å². The number of carbonyl (C=O) groups excluding carboxylic acids is 1. The summed E-state index contributed by atoms with van der Waals surface area (Å²) in [6.45, 7) is 3.38. The van der Waals surface area contributed by atoms with Crippen LogP contribution in [0.3, 0.4) is 0 Å². The molecule has 1 aromatic heterocycles. The minimum absolute atomic E-state index is 0.323. The summed E-state index contributed by atoms with van der Waals surface area (Å²) >= 11 is 17.1. The Morgan fingerprint density at radius 1 is 1.15 bits per heavy atom. The van der Waals surface area contributed by atoms with Crippen molar-refractivity contribution in [1.82, 2.24) is 4.72 Å². The van der Waals surface area contributed by atoms with Crippen molar-refractivity contribution in [3.05, 3.63) is 79.7 Å². The lowest BCUT2D eigenvalue weighted by molar-refractivity contribution is 0.181. The Bertz CT molecular complexity index is 1430. The fourth-order valence-electron chi connectivity index (χ4n) is 3.41. The van der Waals surface area contributed by atoms with Gasteiger partial charge in [-0.25, -0.2) is 9.00 Å². The van der Waals surface area contributed by atoms with Gasteiger partial charge in [-0.15, -0.1) is 11.3 Å². The summed E-state index contributed by atoms with van der Waals surface area (Å²) in [6.07, 6.45) is 2.72. The Morgan fingerprint density at radius 3 is 2.56 bits per heavy atom. The monoisotopic (exact) mass is 599 g/mol. The molecule has 11 heteroatoms. The first-order chi connectivity index (χ1) is 16.1. The van der Waals surface area contributed by atoms with Crippen LogP contribution in [0.15, 0.2) is 63.4 Å². The van der Waals surface area contributed by atoms with Gasteiger partial charge >= 0.3 is 6.03 Å². The molecule has 34 heavy (non-hydrogen) atoms. The summed E-state index contributed by atoms with van der Waals surface area (Å²) in [7, 11) is -2.96. The van der Waals surface area contributed by atoms with Crippen LogP contribution in [0.25, 0.3) is 6.08 Å². The number of nitrogens with one attached hydrogen (secondary N) is 2. The number of urea groups is 1. The van der Waals surface area contributed by atoms with Crippen molar-refractivity contribution in [3.63, 3.8) is 0 Å². The lowest BCUT2D eigenvalue weighted by Gasteiger charge is -2.32. The number of rotatable bonds is 4. The quantitative estimate of drug-likeness (QED) is 0.285. The Morgan fingerprint density at radius 2 is 1.91 bits per heavy atom. The zero-order valence-corrected chi connectivity index (χ0v) is 22.7. The number of halogens is 3. The first kappa shape index (κ1) is 25.1. The second-order valence-electron chi connectivity index (χ2n) is 7.62. The van der Waals surface area contributed by atoms with Crippen LogP contribution in [0, 0.1) is 0 Å². The van der Waals surface area contributed by atoms with Crippen LogP contribution in [0.4, 0.5) is 16.2 Å². The predicted octanol–water partition coefficient (Wildman–Crippen LogP) is 6.89. The number of anilines is 2. The number of aliphatic hydroxyl groups excluding tert-OH is 1. The molecule has 2 atom stereocenters. The largest absolute Gasteiger partial charge is 0.369 e. The molecule has 0 aliphatic carbocycles. The van der Waals surface area contributed by atoms with Gasteiger partial charge in [0.1, 0.15) is 4.21 Å². The molecule has 0 bridgehead atoms. The van der Waals surface area contributed by atoms with Crippen molar-refractivity contribution in [3.8, 4) is 0 Å². The molecule has 0 saturated heterocycles. The summed E-state index contributed by atoms with van der Waals surface area (Å²) in [5.41, 5.74) is 2.63. The van der Waals surface area contributed by atoms with Crippen LogP contribution in [0.2, 0.25) is 9.36 Å². The molecule has 2 amide bonds. The summed E-state index contributed by atoms with van der Waals surface area (Å²) in [5, 5.41) is 13.9. The maximum absolute atomic E-state index is 13.5. The Kier molecular flexibility index (Phi) is 7.33. The highest BCUT2D eigenvalue weighted by molar-refractivity contribution is 9.10. The van der Waals surface area contributed by atoms with E-state index in [0.29, 0.717) is 29.8 Å². The third-order valence-electron chi connectivity index (χ3n) is 5.13. The van der Waals surface area contributed by atoms with E-state index in [2.05, 4.69) is 26.0 Å². The Balaban J connectivity index is 1.53. The summed E-state index contributed by atoms with van der Waals surface area (Å²) in [5.74, 6) is 0. The molecular formula is C23H20BrCl2N3O3S2. The van der Waals surface area contributed by atoms with Crippen molar-refractivity contribution in [2.45, 2.75) is 24.3 Å². The number of fused-ring (bicyclic) bond motifs is 1. The van der Waals surface area contributed by atoms with Gasteiger partial charge < -0.3 is 15.3 Å². The van der Waals surface area contributed by atoms with Crippen molar-refractivity contribution in [2.24, 2.45) is 0 Å². The first-order valence-electron chi connectivity index (χ1n) is 10.0. The molecule has 0 saturated carbocycles. The molecule has 1 aliphatic heterocycles. The van der Waals surface area contributed by atoms with Crippen LogP contribution in [-0.4, -0.2) is 20.2 Å². The topological polar surface area (TPSA) is 81.7 Å². The molecule has 0 spiro atoms. The standard InChI is InChI=1S/C23H20BrCl2N3O3S2/c1-13(2)34(32,21-8-7-20(26)33-21)28-23(31)27-16-5-6-19(18(25)12-16)29-10-9-14-3-4-15(24)11-17(14)22(29)30/h3-12,22,30H,1-2H3,(H2,27,28,31,32). The highest BCUT2D eigenvalue weighted by Gasteiger charge is 2.25. The van der Waals surface area contributed by atoms with E-state index in [1.54, 1.807) is 55.3 Å². The summed E-state index contributed by atoms with van der Waals surface area (Å²) < 4.78 is 17.8. The van der Waals surface area contributed by atoms with E-state index in [1.807, 2.05) is 24.3 Å². The van der Waals surface area contributed by atoms with E-state index in [1.165, 1.54) is 0 Å². The van der Waals surface area contributed by atoms with Crippen LogP contribution >= 0.6 is 50.5 Å². The number of benzene rings is 2. The second kappa shape index (κ2) is 9.93. The number of thiophene rings is 1. The molecule has 2 aromatic carbocycles. The van der Waals surface area contributed by atoms with Crippen LogP contribution < -0.4 is 14.9 Å². The van der Waals surface area contributed by atoms with E-state index in [-0.39, 0.29) is 0 Å².